The van der Waals surface area contributed by atoms with Crippen LogP contribution in [0.3, 0.4) is 0 Å². The first-order valence-corrected chi connectivity index (χ1v) is 33.5. The number of fused-ring (bicyclic) bond motifs is 4. The molecule has 494 valence electrons. The molecule has 10 aromatic rings. The van der Waals surface area contributed by atoms with Crippen LogP contribution in [0.5, 0.6) is 0 Å². The zero-order valence-electron chi connectivity index (χ0n) is 55.1. The van der Waals surface area contributed by atoms with E-state index in [2.05, 4.69) is 269 Å². The van der Waals surface area contributed by atoms with Gasteiger partial charge >= 0.3 is 0 Å². The van der Waals surface area contributed by atoms with Crippen LogP contribution in [-0.2, 0) is 0 Å². The highest BCUT2D eigenvalue weighted by molar-refractivity contribution is 5.84. The number of hydrogen-bond donors (Lipinski definition) is 0. The van der Waals surface area contributed by atoms with E-state index >= 15 is 0 Å². The molecule has 93 heavy (non-hydrogen) atoms. The third kappa shape index (κ3) is 19.4. The lowest BCUT2D eigenvalue weighted by Crippen LogP contribution is -2.00. The third-order valence-corrected chi connectivity index (χ3v) is 16.5. The van der Waals surface area contributed by atoms with E-state index in [4.69, 9.17) is 0 Å². The van der Waals surface area contributed by atoms with Gasteiger partial charge in [0.05, 0.1) is 0 Å². The zero-order valence-corrected chi connectivity index (χ0v) is 55.1. The van der Waals surface area contributed by atoms with E-state index < -0.39 is 0 Å². The Morgan fingerprint density at radius 3 is 0.462 bits per heavy atom. The Balaban J connectivity index is 0.000000679. The van der Waals surface area contributed by atoms with Gasteiger partial charge in [0.15, 0.2) is 0 Å². The van der Waals surface area contributed by atoms with E-state index in [1.54, 1.807) is 11.1 Å². The fraction of sp³-hybridized carbons (Fsp3) is 0.312. The van der Waals surface area contributed by atoms with Gasteiger partial charge in [0, 0.05) is 11.8 Å². The van der Waals surface area contributed by atoms with Gasteiger partial charge in [-0.15, -0.1) is 0 Å². The third-order valence-electron chi connectivity index (χ3n) is 16.5. The van der Waals surface area contributed by atoms with Crippen LogP contribution >= 0.6 is 0 Å². The molecule has 30 aliphatic rings. The van der Waals surface area contributed by atoms with Crippen LogP contribution < -0.4 is 0 Å². The van der Waals surface area contributed by atoms with Gasteiger partial charge in [0.2, 0.25) is 0 Å². The van der Waals surface area contributed by atoms with E-state index in [0.29, 0.717) is 11.8 Å². The van der Waals surface area contributed by atoms with Gasteiger partial charge in [-0.25, -0.2) is 0 Å². The lowest BCUT2D eigenvalue weighted by molar-refractivity contribution is 0.691. The van der Waals surface area contributed by atoms with Gasteiger partial charge < -0.3 is 0 Å². The molecule has 0 spiro atoms. The van der Waals surface area contributed by atoms with Crippen LogP contribution in [0, 0.1) is 11.8 Å². The van der Waals surface area contributed by atoms with E-state index in [0.717, 1.165) is 11.8 Å². The van der Waals surface area contributed by atoms with Crippen LogP contribution in [0.2, 0.25) is 0 Å². The Bertz CT molecular complexity index is 3170. The SMILES string of the molecule is C.C.C.C.C.C.C1=CC2CC1c1c3ccc(c12)-c1ccc(cc1)-c1ccc(cc1)-c1ccc(cc1)-c1ccc-3cc1.C1=CC2CCC1C2.CC.CC.CC.CC.CC.CC.CCC.c1cc2ccc1-c1ccc(cc1)-c1ccc(cc1)-c1ccc(cc1)-c1ccc-2cc1. The summed E-state index contributed by atoms with van der Waals surface area (Å²) in [7, 11) is 0. The second-order valence-electron chi connectivity index (χ2n) is 21.4. The maximum absolute atomic E-state index is 2.43. The average Bonchev–Trinajstić information content (AvgIpc) is 1.61. The van der Waals surface area contributed by atoms with Crippen molar-refractivity contribution in [1.82, 2.24) is 0 Å². The molecule has 0 heterocycles. The minimum Gasteiger partial charge on any atom is -0.0851 e. The van der Waals surface area contributed by atoms with Crippen molar-refractivity contribution in [3.05, 3.63) is 266 Å². The van der Waals surface area contributed by atoms with Gasteiger partial charge in [-0.1, -0.05) is 403 Å². The summed E-state index contributed by atoms with van der Waals surface area (Å²) >= 11 is 0. The first kappa shape index (κ1) is 82.7. The van der Waals surface area contributed by atoms with Crippen molar-refractivity contribution < 1.29 is 0 Å². The molecule has 0 amide bonds. The number of benzene rings is 10. The van der Waals surface area contributed by atoms with Crippen LogP contribution in [0.4, 0.5) is 0 Å². The first-order valence-electron chi connectivity index (χ1n) is 33.5. The number of hydrogen-bond acceptors (Lipinski definition) is 0. The normalized spacial score (nSPS) is 14.5. The van der Waals surface area contributed by atoms with Crippen molar-refractivity contribution >= 4 is 0 Å². The first-order chi connectivity index (χ1) is 43.0. The lowest BCUT2D eigenvalue weighted by Gasteiger charge is -2.21. The fourth-order valence-electron chi connectivity index (χ4n) is 12.5. The summed E-state index contributed by atoms with van der Waals surface area (Å²) < 4.78 is 0. The average molecular weight is 1240 g/mol. The highest BCUT2D eigenvalue weighted by atomic mass is 14.4. The fourth-order valence-corrected chi connectivity index (χ4v) is 12.5. The van der Waals surface area contributed by atoms with E-state index in [-0.39, 0.29) is 44.6 Å². The second kappa shape index (κ2) is 42.0. The molecule has 30 aliphatic carbocycles. The quantitative estimate of drug-likeness (QED) is 0.133. The lowest BCUT2D eigenvalue weighted by atomic mass is 9.83. The Hall–Kier alpha value is -8.32. The summed E-state index contributed by atoms with van der Waals surface area (Å²) in [6.07, 6.45) is 16.5. The minimum atomic E-state index is 0. The highest BCUT2D eigenvalue weighted by Crippen LogP contribution is 2.55. The molecule has 4 atom stereocenters. The molecule has 40 rings (SSSR count). The van der Waals surface area contributed by atoms with Crippen molar-refractivity contribution in [1.29, 1.82) is 0 Å². The molecule has 0 saturated heterocycles. The molecule has 0 radical (unpaired) electrons. The van der Waals surface area contributed by atoms with Crippen LogP contribution in [0.1, 0.15) is 197 Å². The summed E-state index contributed by atoms with van der Waals surface area (Å²) in [4.78, 5) is 0. The second-order valence-corrected chi connectivity index (χ2v) is 21.4. The van der Waals surface area contributed by atoms with Gasteiger partial charge in [0.25, 0.3) is 0 Å². The highest BCUT2D eigenvalue weighted by Gasteiger charge is 2.37. The predicted octanol–water partition coefficient (Wildman–Crippen LogP) is 31.2. The van der Waals surface area contributed by atoms with Gasteiger partial charge in [0.1, 0.15) is 0 Å². The topological polar surface area (TPSA) is 0 Å². The standard InChI is InChI=1S/C35H24.C30H20.C7H10.C3H8.6C2H6.6CH4/c1-5-24-6-2-22(1)23-3-7-25(8-4-23)27-11-15-29(16-12-27)33-20-19-32(28-13-9-26(24)10-14-28)34-30-17-18-31(21-30)35(33)34;1-2-22-4-3-21(1)23-5-7-25(8-6-23)27-13-15-29(16-14-27)30-19-17-28(18-20-30)26-11-9-24(22)10-12-26;1-2-7-4-3-6(1)5-7;1-3-2;6*1-2;;;;;;/h1-20,30-31H,21H2;1-20H;1-2,6-7H,3-5H2;3H2,1-2H3;6*1-2H3;6*1H4. The van der Waals surface area contributed by atoms with Crippen LogP contribution in [0.15, 0.2) is 255 Å². The summed E-state index contributed by atoms with van der Waals surface area (Å²) in [6, 6.07) is 85.2. The molecule has 4 unspecified atom stereocenters. The van der Waals surface area contributed by atoms with Crippen LogP contribution in [0.25, 0.3) is 111 Å². The molecular formula is C93H122. The minimum absolute atomic E-state index is 0. The smallest absolute Gasteiger partial charge is 0.00363 e. The molecule has 10 aromatic carbocycles. The van der Waals surface area contributed by atoms with Gasteiger partial charge in [-0.05, 0) is 160 Å². The van der Waals surface area contributed by atoms with Gasteiger partial charge in [-0.2, -0.15) is 0 Å². The Labute approximate surface area is 571 Å². The van der Waals surface area contributed by atoms with Gasteiger partial charge in [-0.3, -0.25) is 0 Å². The monoisotopic (exact) mass is 1240 g/mol. The summed E-state index contributed by atoms with van der Waals surface area (Å²) in [5, 5.41) is 0. The number of allylic oxidation sites excluding steroid dienone is 4. The van der Waals surface area contributed by atoms with E-state index in [9.17, 15) is 0 Å². The van der Waals surface area contributed by atoms with Crippen molar-refractivity contribution in [3.63, 3.8) is 0 Å². The van der Waals surface area contributed by atoms with Crippen molar-refractivity contribution in [2.75, 3.05) is 0 Å². The van der Waals surface area contributed by atoms with E-state index in [1.165, 1.54) is 143 Å². The Morgan fingerprint density at radius 2 is 0.344 bits per heavy atom. The van der Waals surface area contributed by atoms with Crippen molar-refractivity contribution in [2.45, 2.75) is 185 Å². The molecule has 0 nitrogen and oxygen atoms in total. The summed E-state index contributed by atoms with van der Waals surface area (Å²) in [5.74, 6) is 3.05. The largest absolute Gasteiger partial charge is 0.0851 e. The molecule has 0 N–H and O–H groups in total. The summed E-state index contributed by atoms with van der Waals surface area (Å²) in [6.45, 7) is 28.2. The maximum atomic E-state index is 2.43. The van der Waals surface area contributed by atoms with Crippen LogP contribution in [-0.4, -0.2) is 0 Å². The molecule has 24 bridgehead atoms. The molecule has 0 aromatic heterocycles. The van der Waals surface area contributed by atoms with Crippen molar-refractivity contribution in [3.8, 4) is 111 Å². The maximum Gasteiger partial charge on any atom is 0.00363 e. The molecule has 1 saturated carbocycles. The van der Waals surface area contributed by atoms with Crippen molar-refractivity contribution in [2.24, 2.45) is 11.8 Å². The molecule has 1 fully saturated rings. The predicted molar refractivity (Wildman–Crippen MR) is 428 cm³/mol. The van der Waals surface area contributed by atoms with E-state index in [1.807, 2.05) is 83.1 Å². The Kier molecular flexibility index (Phi) is 37.4. The number of rotatable bonds is 0. The molecule has 0 heteroatoms. The molecular weight excluding hydrogens is 1120 g/mol. The zero-order chi connectivity index (χ0) is 62.2. The molecule has 0 aliphatic heterocycles. The Morgan fingerprint density at radius 1 is 0.204 bits per heavy atom. The summed E-state index contributed by atoms with van der Waals surface area (Å²) in [5.41, 5.74) is 28.5.